The van der Waals surface area contributed by atoms with E-state index in [1.54, 1.807) is 0 Å². The number of aliphatic imine (C=N–C) groups is 1. The van der Waals surface area contributed by atoms with Crippen LogP contribution in [-0.2, 0) is 0 Å². The van der Waals surface area contributed by atoms with Gasteiger partial charge in [0.1, 0.15) is 17.4 Å². The predicted octanol–water partition coefficient (Wildman–Crippen LogP) is 2.26. The van der Waals surface area contributed by atoms with E-state index in [0.29, 0.717) is 25.3 Å². The predicted molar refractivity (Wildman–Crippen MR) is 102 cm³/mol. The largest absolute Gasteiger partial charge is 0.507 e. The molecule has 0 aromatic heterocycles. The number of aromatic hydroxyl groups is 3. The highest BCUT2D eigenvalue weighted by molar-refractivity contribution is 6.02. The van der Waals surface area contributed by atoms with Crippen LogP contribution in [0.2, 0.25) is 0 Å². The first kappa shape index (κ1) is 19.5. The zero-order valence-corrected chi connectivity index (χ0v) is 15.2. The molecule has 1 aliphatic heterocycles. The third-order valence-electron chi connectivity index (χ3n) is 4.56. The lowest BCUT2D eigenvalue weighted by molar-refractivity contribution is 0.0949. The van der Waals surface area contributed by atoms with E-state index < -0.39 is 17.5 Å². The standard InChI is InChI=1S/C20H22FN3O4/c21-14-7-4-8-15(25)17(14)19-23-11-12(24-19)5-1-2-10-22-20(28)13-6-3-9-16(26)18(13)27/h3-4,6-9,12,25-27H,1-2,5,10-11H2,(H,22,28)(H,23,24)/t12-/m0/s1. The van der Waals surface area contributed by atoms with Crippen LogP contribution in [0.3, 0.4) is 0 Å². The Balaban J connectivity index is 1.40. The van der Waals surface area contributed by atoms with Crippen LogP contribution < -0.4 is 10.6 Å². The van der Waals surface area contributed by atoms with E-state index in [2.05, 4.69) is 15.6 Å². The number of para-hydroxylation sites is 1. The lowest BCUT2D eigenvalue weighted by Gasteiger charge is -2.13. The minimum absolute atomic E-state index is 0.0280. The summed E-state index contributed by atoms with van der Waals surface area (Å²) < 4.78 is 13.9. The number of nitrogens with one attached hydrogen (secondary N) is 2. The van der Waals surface area contributed by atoms with E-state index in [0.717, 1.165) is 12.8 Å². The zero-order chi connectivity index (χ0) is 20.1. The molecule has 0 radical (unpaired) electrons. The Bertz CT molecular complexity index is 881. The average molecular weight is 387 g/mol. The molecule has 1 heterocycles. The number of rotatable bonds is 7. The third-order valence-corrected chi connectivity index (χ3v) is 4.56. The van der Waals surface area contributed by atoms with Gasteiger partial charge in [0.05, 0.1) is 17.7 Å². The fourth-order valence-electron chi connectivity index (χ4n) is 3.08. The molecule has 148 valence electrons. The molecule has 0 saturated heterocycles. The first-order chi connectivity index (χ1) is 13.5. The highest BCUT2D eigenvalue weighted by Gasteiger charge is 2.22. The van der Waals surface area contributed by atoms with Crippen molar-refractivity contribution >= 4 is 11.7 Å². The van der Waals surface area contributed by atoms with Gasteiger partial charge in [-0.3, -0.25) is 9.79 Å². The zero-order valence-electron chi connectivity index (χ0n) is 15.2. The monoisotopic (exact) mass is 387 g/mol. The van der Waals surface area contributed by atoms with Gasteiger partial charge in [-0.05, 0) is 43.5 Å². The van der Waals surface area contributed by atoms with Gasteiger partial charge in [0.25, 0.3) is 5.91 Å². The van der Waals surface area contributed by atoms with Crippen molar-refractivity contribution in [3.8, 4) is 17.2 Å². The van der Waals surface area contributed by atoms with Crippen molar-refractivity contribution in [3.63, 3.8) is 0 Å². The minimum atomic E-state index is -0.523. The van der Waals surface area contributed by atoms with Gasteiger partial charge in [0.2, 0.25) is 0 Å². The molecule has 0 unspecified atom stereocenters. The van der Waals surface area contributed by atoms with Gasteiger partial charge in [-0.2, -0.15) is 0 Å². The van der Waals surface area contributed by atoms with Gasteiger partial charge in [-0.1, -0.05) is 12.1 Å². The fourth-order valence-corrected chi connectivity index (χ4v) is 3.08. The van der Waals surface area contributed by atoms with Crippen molar-refractivity contribution in [2.24, 2.45) is 4.99 Å². The maximum absolute atomic E-state index is 13.9. The summed E-state index contributed by atoms with van der Waals surface area (Å²) in [5.41, 5.74) is 0.114. The van der Waals surface area contributed by atoms with E-state index >= 15 is 0 Å². The number of benzene rings is 2. The minimum Gasteiger partial charge on any atom is -0.507 e. The van der Waals surface area contributed by atoms with E-state index in [-0.39, 0.29) is 28.7 Å². The molecule has 0 fully saturated rings. The lowest BCUT2D eigenvalue weighted by atomic mass is 10.1. The Morgan fingerprint density at radius 3 is 2.68 bits per heavy atom. The lowest BCUT2D eigenvalue weighted by Crippen LogP contribution is -2.31. The summed E-state index contributed by atoms with van der Waals surface area (Å²) in [7, 11) is 0. The van der Waals surface area contributed by atoms with Crippen LogP contribution in [0.5, 0.6) is 17.2 Å². The summed E-state index contributed by atoms with van der Waals surface area (Å²) in [5, 5.41) is 34.8. The Morgan fingerprint density at radius 2 is 1.89 bits per heavy atom. The second-order valence-corrected chi connectivity index (χ2v) is 6.59. The molecular weight excluding hydrogens is 365 g/mol. The molecule has 0 aliphatic carbocycles. The Kier molecular flexibility index (Phi) is 5.98. The SMILES string of the molecule is O=C(NCCCC[C@H]1CN=C(c2c(O)cccc2F)N1)c1cccc(O)c1O. The maximum Gasteiger partial charge on any atom is 0.255 e. The highest BCUT2D eigenvalue weighted by atomic mass is 19.1. The second-order valence-electron chi connectivity index (χ2n) is 6.59. The molecule has 0 bridgehead atoms. The van der Waals surface area contributed by atoms with Gasteiger partial charge >= 0.3 is 0 Å². The molecule has 1 aliphatic rings. The molecule has 2 aromatic carbocycles. The van der Waals surface area contributed by atoms with Crippen LogP contribution in [0.25, 0.3) is 0 Å². The number of phenols is 3. The molecule has 8 heteroatoms. The Morgan fingerprint density at radius 1 is 1.14 bits per heavy atom. The molecule has 0 spiro atoms. The van der Waals surface area contributed by atoms with E-state index in [1.165, 1.54) is 36.4 Å². The number of halogens is 1. The normalized spacial score (nSPS) is 15.8. The summed E-state index contributed by atoms with van der Waals surface area (Å²) in [6, 6.07) is 8.40. The number of hydrogen-bond donors (Lipinski definition) is 5. The van der Waals surface area contributed by atoms with Crippen LogP contribution in [-0.4, -0.2) is 46.2 Å². The van der Waals surface area contributed by atoms with E-state index in [4.69, 9.17) is 0 Å². The average Bonchev–Trinajstić information content (AvgIpc) is 3.12. The first-order valence-corrected chi connectivity index (χ1v) is 9.05. The number of phenolic OH excluding ortho intramolecular Hbond substituents is 3. The first-order valence-electron chi connectivity index (χ1n) is 9.05. The highest BCUT2D eigenvalue weighted by Crippen LogP contribution is 2.28. The maximum atomic E-state index is 13.9. The number of unbranched alkanes of at least 4 members (excludes halogenated alkanes) is 1. The number of amidine groups is 1. The second kappa shape index (κ2) is 8.60. The Labute approximate surface area is 161 Å². The quantitative estimate of drug-likeness (QED) is 0.369. The van der Waals surface area contributed by atoms with E-state index in [1.807, 2.05) is 0 Å². The summed E-state index contributed by atoms with van der Waals surface area (Å²) in [5.74, 6) is -1.54. The topological polar surface area (TPSA) is 114 Å². The molecule has 1 atom stereocenters. The number of amides is 1. The van der Waals surface area contributed by atoms with E-state index in [9.17, 15) is 24.5 Å². The number of hydrogen-bond acceptors (Lipinski definition) is 6. The molecule has 3 rings (SSSR count). The van der Waals surface area contributed by atoms with Crippen molar-refractivity contribution in [2.45, 2.75) is 25.3 Å². The van der Waals surface area contributed by atoms with Crippen LogP contribution in [0.1, 0.15) is 35.2 Å². The summed E-state index contributed by atoms with van der Waals surface area (Å²) >= 11 is 0. The van der Waals surface area contributed by atoms with Crippen molar-refractivity contribution in [1.29, 1.82) is 0 Å². The van der Waals surface area contributed by atoms with Gasteiger partial charge in [0.15, 0.2) is 11.5 Å². The molecule has 7 nitrogen and oxygen atoms in total. The van der Waals surface area contributed by atoms with Crippen molar-refractivity contribution in [1.82, 2.24) is 10.6 Å². The molecule has 1 amide bonds. The van der Waals surface area contributed by atoms with Gasteiger partial charge in [-0.25, -0.2) is 4.39 Å². The van der Waals surface area contributed by atoms with Gasteiger partial charge < -0.3 is 26.0 Å². The number of nitrogens with zero attached hydrogens (tertiary/aromatic N) is 1. The fraction of sp³-hybridized carbons (Fsp3) is 0.300. The summed E-state index contributed by atoms with van der Waals surface area (Å²) in [4.78, 5) is 16.3. The van der Waals surface area contributed by atoms with Crippen molar-refractivity contribution < 1.29 is 24.5 Å². The summed E-state index contributed by atoms with van der Waals surface area (Å²) in [6.07, 6.45) is 2.29. The molecule has 28 heavy (non-hydrogen) atoms. The van der Waals surface area contributed by atoms with Crippen LogP contribution in [0, 0.1) is 5.82 Å². The number of carbonyl (C=O) groups is 1. The molecular formula is C20H22FN3O4. The summed E-state index contributed by atoms with van der Waals surface area (Å²) in [6.45, 7) is 0.912. The van der Waals surface area contributed by atoms with Gasteiger partial charge in [-0.15, -0.1) is 0 Å². The van der Waals surface area contributed by atoms with Crippen LogP contribution >= 0.6 is 0 Å². The van der Waals surface area contributed by atoms with Crippen LogP contribution in [0.15, 0.2) is 41.4 Å². The third kappa shape index (κ3) is 4.33. The molecule has 0 saturated carbocycles. The molecule has 2 aromatic rings. The van der Waals surface area contributed by atoms with Crippen molar-refractivity contribution in [3.05, 3.63) is 53.3 Å². The smallest absolute Gasteiger partial charge is 0.255 e. The van der Waals surface area contributed by atoms with Crippen molar-refractivity contribution in [2.75, 3.05) is 13.1 Å². The number of carbonyl (C=O) groups excluding carboxylic acids is 1. The van der Waals surface area contributed by atoms with Crippen LogP contribution in [0.4, 0.5) is 4.39 Å². The molecule has 5 N–H and O–H groups in total. The Hall–Kier alpha value is -3.29. The van der Waals surface area contributed by atoms with Gasteiger partial charge in [0, 0.05) is 12.6 Å².